The van der Waals surface area contributed by atoms with Gasteiger partial charge in [0.2, 0.25) is 0 Å². The molecule has 0 N–H and O–H groups in total. The molecule has 0 bridgehead atoms. The molecule has 1 heterocycles. The quantitative estimate of drug-likeness (QED) is 0.530. The van der Waals surface area contributed by atoms with E-state index in [4.69, 9.17) is 0 Å². The van der Waals surface area contributed by atoms with Gasteiger partial charge in [0.15, 0.2) is 0 Å². The van der Waals surface area contributed by atoms with Crippen LogP contribution in [0.1, 0.15) is 0 Å². The fourth-order valence-corrected chi connectivity index (χ4v) is 0.960. The fraction of sp³-hybridized carbons (Fsp3) is 0.400. The normalized spacial score (nSPS) is 25.0. The summed E-state index contributed by atoms with van der Waals surface area (Å²) in [6.07, 6.45) is 4.73. The summed E-state index contributed by atoms with van der Waals surface area (Å²) in [6.45, 7) is 0. The molecule has 1 amide bonds. The summed E-state index contributed by atoms with van der Waals surface area (Å²) in [5, 5.41) is -0.157. The minimum Gasteiger partial charge on any atom is -0.271 e. The molecule has 4 heteroatoms. The Bertz CT molecular complexity index is 176. The fourth-order valence-electron chi connectivity index (χ4n) is 0.506. The molecule has 1 rings (SSSR count). The van der Waals surface area contributed by atoms with Crippen molar-refractivity contribution in [1.82, 2.24) is 0 Å². The molecule has 1 aliphatic heterocycles. The van der Waals surface area contributed by atoms with Crippen LogP contribution in [-0.2, 0) is 4.79 Å². The van der Waals surface area contributed by atoms with Gasteiger partial charge in [-0.1, -0.05) is 0 Å². The number of hydrogen-bond donors (Lipinski definition) is 0. The largest absolute Gasteiger partial charge is 0.271 e. The zero-order chi connectivity index (χ0) is 6.69. The van der Waals surface area contributed by atoms with E-state index in [0.717, 1.165) is 0 Å². The molecule has 0 aromatic carbocycles. The predicted octanol–water partition coefficient (Wildman–Crippen LogP) is 0.357. The van der Waals surface area contributed by atoms with E-state index in [1.165, 1.54) is 18.1 Å². The van der Waals surface area contributed by atoms with Crippen molar-refractivity contribution in [2.45, 2.75) is 5.25 Å². The molecule has 48 valence electrons. The monoisotopic (exact) mass is 142 g/mol. The standard InChI is InChI=1S/C5H6N2OS/c1-9-4-2-6-3-7-5(4)8/h2-4H,1H3. The Balaban J connectivity index is 2.66. The molecule has 9 heavy (non-hydrogen) atoms. The van der Waals surface area contributed by atoms with Crippen LogP contribution in [0.4, 0.5) is 0 Å². The number of carbonyl (C=O) groups excluding carboxylic acids is 1. The third kappa shape index (κ3) is 1.38. The van der Waals surface area contributed by atoms with E-state index < -0.39 is 0 Å². The Hall–Kier alpha value is -0.640. The Morgan fingerprint density at radius 3 is 3.00 bits per heavy atom. The first-order valence-electron chi connectivity index (χ1n) is 2.47. The van der Waals surface area contributed by atoms with E-state index in [0.29, 0.717) is 0 Å². The molecular formula is C5H6N2OS. The van der Waals surface area contributed by atoms with Crippen LogP contribution in [0.5, 0.6) is 0 Å². The predicted molar refractivity (Wildman–Crippen MR) is 39.3 cm³/mol. The summed E-state index contributed by atoms with van der Waals surface area (Å²) in [6, 6.07) is 0. The first-order valence-corrected chi connectivity index (χ1v) is 3.76. The Morgan fingerprint density at radius 1 is 1.78 bits per heavy atom. The lowest BCUT2D eigenvalue weighted by atomic mass is 10.4. The average Bonchev–Trinajstić information content (AvgIpc) is 1.89. The summed E-state index contributed by atoms with van der Waals surface area (Å²) in [4.78, 5) is 17.9. The molecule has 1 unspecified atom stereocenters. The molecule has 0 aromatic heterocycles. The van der Waals surface area contributed by atoms with Crippen LogP contribution in [0.3, 0.4) is 0 Å². The molecule has 0 aliphatic carbocycles. The van der Waals surface area contributed by atoms with Crippen LogP contribution in [0.25, 0.3) is 0 Å². The van der Waals surface area contributed by atoms with Gasteiger partial charge in [-0.25, -0.2) is 9.98 Å². The molecule has 0 spiro atoms. The van der Waals surface area contributed by atoms with Gasteiger partial charge in [-0.15, -0.1) is 11.8 Å². The molecule has 0 saturated heterocycles. The number of thioether (sulfide) groups is 1. The van der Waals surface area contributed by atoms with Crippen molar-refractivity contribution < 1.29 is 4.79 Å². The van der Waals surface area contributed by atoms with Crippen molar-refractivity contribution in [2.24, 2.45) is 9.98 Å². The van der Waals surface area contributed by atoms with Crippen LogP contribution in [0, 0.1) is 0 Å². The molecule has 3 nitrogen and oxygen atoms in total. The van der Waals surface area contributed by atoms with Gasteiger partial charge in [0, 0.05) is 6.21 Å². The van der Waals surface area contributed by atoms with Crippen molar-refractivity contribution >= 4 is 30.2 Å². The zero-order valence-electron chi connectivity index (χ0n) is 4.94. The van der Waals surface area contributed by atoms with E-state index in [1.807, 2.05) is 6.26 Å². The number of rotatable bonds is 1. The van der Waals surface area contributed by atoms with Gasteiger partial charge in [-0.2, -0.15) is 0 Å². The van der Waals surface area contributed by atoms with Crippen LogP contribution in [0.15, 0.2) is 9.98 Å². The van der Waals surface area contributed by atoms with Crippen LogP contribution < -0.4 is 0 Å². The smallest absolute Gasteiger partial charge is 0.265 e. The van der Waals surface area contributed by atoms with Crippen molar-refractivity contribution in [2.75, 3.05) is 6.26 Å². The highest BCUT2D eigenvalue weighted by molar-refractivity contribution is 8.00. The molecule has 0 radical (unpaired) electrons. The molecular weight excluding hydrogens is 136 g/mol. The summed E-state index contributed by atoms with van der Waals surface area (Å²) in [7, 11) is 0. The van der Waals surface area contributed by atoms with Crippen LogP contribution in [-0.4, -0.2) is 30.0 Å². The second-order valence-corrected chi connectivity index (χ2v) is 2.52. The molecule has 0 fully saturated rings. The van der Waals surface area contributed by atoms with Gasteiger partial charge in [0.1, 0.15) is 11.6 Å². The number of carbonyl (C=O) groups is 1. The van der Waals surface area contributed by atoms with E-state index in [2.05, 4.69) is 9.98 Å². The summed E-state index contributed by atoms with van der Waals surface area (Å²) < 4.78 is 0. The van der Waals surface area contributed by atoms with Gasteiger partial charge in [0.05, 0.1) is 0 Å². The number of nitrogens with zero attached hydrogens (tertiary/aromatic N) is 2. The maximum atomic E-state index is 10.7. The Morgan fingerprint density at radius 2 is 2.56 bits per heavy atom. The van der Waals surface area contributed by atoms with Crippen molar-refractivity contribution in [3.05, 3.63) is 0 Å². The van der Waals surface area contributed by atoms with E-state index >= 15 is 0 Å². The van der Waals surface area contributed by atoms with E-state index in [-0.39, 0.29) is 11.2 Å². The summed E-state index contributed by atoms with van der Waals surface area (Å²) >= 11 is 1.44. The van der Waals surface area contributed by atoms with Gasteiger partial charge < -0.3 is 0 Å². The number of hydrogen-bond acceptors (Lipinski definition) is 3. The Kier molecular flexibility index (Phi) is 2.00. The highest BCUT2D eigenvalue weighted by Crippen LogP contribution is 2.07. The van der Waals surface area contributed by atoms with Gasteiger partial charge in [-0.3, -0.25) is 4.79 Å². The number of amides is 1. The van der Waals surface area contributed by atoms with E-state index in [1.54, 1.807) is 6.21 Å². The van der Waals surface area contributed by atoms with Crippen LogP contribution >= 0.6 is 11.8 Å². The van der Waals surface area contributed by atoms with Crippen molar-refractivity contribution in [3.63, 3.8) is 0 Å². The lowest BCUT2D eigenvalue weighted by Gasteiger charge is -2.04. The Labute approximate surface area is 57.3 Å². The highest BCUT2D eigenvalue weighted by atomic mass is 32.2. The third-order valence-electron chi connectivity index (χ3n) is 0.970. The second kappa shape index (κ2) is 2.77. The first kappa shape index (κ1) is 6.48. The zero-order valence-corrected chi connectivity index (χ0v) is 5.76. The summed E-state index contributed by atoms with van der Waals surface area (Å²) in [5.74, 6) is -0.113. The lowest BCUT2D eigenvalue weighted by Crippen LogP contribution is -2.18. The van der Waals surface area contributed by atoms with Gasteiger partial charge in [-0.05, 0) is 6.26 Å². The maximum absolute atomic E-state index is 10.7. The molecule has 1 atom stereocenters. The minimum atomic E-state index is -0.157. The number of aliphatic imine (C=N–C) groups is 2. The van der Waals surface area contributed by atoms with Crippen molar-refractivity contribution in [1.29, 1.82) is 0 Å². The second-order valence-electron chi connectivity index (χ2n) is 1.54. The average molecular weight is 142 g/mol. The maximum Gasteiger partial charge on any atom is 0.265 e. The SMILES string of the molecule is CSC1C=NC=NC1=O. The third-order valence-corrected chi connectivity index (χ3v) is 1.80. The minimum absolute atomic E-state index is 0.113. The van der Waals surface area contributed by atoms with Gasteiger partial charge in [0.25, 0.3) is 5.91 Å². The lowest BCUT2D eigenvalue weighted by molar-refractivity contribution is -0.116. The van der Waals surface area contributed by atoms with Crippen LogP contribution in [0.2, 0.25) is 0 Å². The molecule has 1 aliphatic rings. The topological polar surface area (TPSA) is 41.8 Å². The first-order chi connectivity index (χ1) is 4.34. The molecule has 0 aromatic rings. The van der Waals surface area contributed by atoms with E-state index in [9.17, 15) is 4.79 Å². The summed E-state index contributed by atoms with van der Waals surface area (Å²) in [5.41, 5.74) is 0. The van der Waals surface area contributed by atoms with Crippen molar-refractivity contribution in [3.8, 4) is 0 Å². The molecule has 0 saturated carbocycles. The van der Waals surface area contributed by atoms with Gasteiger partial charge >= 0.3 is 0 Å². The highest BCUT2D eigenvalue weighted by Gasteiger charge is 2.14.